The molecule has 0 saturated carbocycles. The highest BCUT2D eigenvalue weighted by Crippen LogP contribution is 2.24. The lowest BCUT2D eigenvalue weighted by Crippen LogP contribution is -2.17. The lowest BCUT2D eigenvalue weighted by atomic mass is 10.0. The van der Waals surface area contributed by atoms with E-state index in [9.17, 15) is 18.3 Å². The SMILES string of the molecule is COCOc1cc(CCc2ccc(OC(F)(F)F)cc2)ccc1CO. The lowest BCUT2D eigenvalue weighted by molar-refractivity contribution is -0.274. The third-order valence-corrected chi connectivity index (χ3v) is 3.49. The van der Waals surface area contributed by atoms with Crippen molar-refractivity contribution in [1.29, 1.82) is 0 Å². The zero-order valence-corrected chi connectivity index (χ0v) is 13.7. The Balaban J connectivity index is 1.98. The van der Waals surface area contributed by atoms with E-state index in [1.807, 2.05) is 12.1 Å². The van der Waals surface area contributed by atoms with Gasteiger partial charge >= 0.3 is 6.36 Å². The first-order valence-electron chi connectivity index (χ1n) is 7.60. The molecule has 0 radical (unpaired) electrons. The van der Waals surface area contributed by atoms with Gasteiger partial charge < -0.3 is 19.3 Å². The van der Waals surface area contributed by atoms with E-state index in [0.717, 1.165) is 11.1 Å². The van der Waals surface area contributed by atoms with Crippen LogP contribution in [0, 0.1) is 0 Å². The number of aliphatic hydroxyl groups is 1. The van der Waals surface area contributed by atoms with Crippen LogP contribution in [0.1, 0.15) is 16.7 Å². The second-order valence-electron chi connectivity index (χ2n) is 5.34. The number of aryl methyl sites for hydroxylation is 2. The molecule has 0 bridgehead atoms. The van der Waals surface area contributed by atoms with E-state index in [0.29, 0.717) is 24.2 Å². The van der Waals surface area contributed by atoms with Crippen molar-refractivity contribution in [2.24, 2.45) is 0 Å². The maximum absolute atomic E-state index is 12.1. The maximum atomic E-state index is 12.1. The largest absolute Gasteiger partial charge is 0.573 e. The first-order chi connectivity index (χ1) is 11.9. The van der Waals surface area contributed by atoms with Gasteiger partial charge in [0.2, 0.25) is 0 Å². The summed E-state index contributed by atoms with van der Waals surface area (Å²) in [4.78, 5) is 0. The van der Waals surface area contributed by atoms with E-state index in [1.54, 1.807) is 18.2 Å². The van der Waals surface area contributed by atoms with Crippen LogP contribution in [0.5, 0.6) is 11.5 Å². The number of hydrogen-bond acceptors (Lipinski definition) is 4. The summed E-state index contributed by atoms with van der Waals surface area (Å²) in [5.41, 5.74) is 2.54. The van der Waals surface area contributed by atoms with Crippen LogP contribution >= 0.6 is 0 Å². The van der Waals surface area contributed by atoms with Crippen molar-refractivity contribution in [1.82, 2.24) is 0 Å². The van der Waals surface area contributed by atoms with Gasteiger partial charge in [0.1, 0.15) is 11.5 Å². The number of aliphatic hydroxyl groups excluding tert-OH is 1. The molecule has 0 aliphatic heterocycles. The van der Waals surface area contributed by atoms with Gasteiger partial charge in [0.25, 0.3) is 0 Å². The van der Waals surface area contributed by atoms with E-state index in [1.165, 1.54) is 19.2 Å². The van der Waals surface area contributed by atoms with Crippen molar-refractivity contribution in [3.8, 4) is 11.5 Å². The molecule has 0 amide bonds. The molecule has 0 fully saturated rings. The highest BCUT2D eigenvalue weighted by molar-refractivity contribution is 5.38. The van der Waals surface area contributed by atoms with Gasteiger partial charge in [-0.05, 0) is 42.2 Å². The molecule has 0 atom stereocenters. The van der Waals surface area contributed by atoms with E-state index in [-0.39, 0.29) is 19.1 Å². The molecule has 4 nitrogen and oxygen atoms in total. The molecule has 0 aliphatic carbocycles. The zero-order chi connectivity index (χ0) is 18.3. The van der Waals surface area contributed by atoms with Gasteiger partial charge in [-0.25, -0.2) is 0 Å². The fourth-order valence-electron chi connectivity index (χ4n) is 2.29. The van der Waals surface area contributed by atoms with E-state index in [4.69, 9.17) is 9.47 Å². The van der Waals surface area contributed by atoms with Crippen LogP contribution in [0.2, 0.25) is 0 Å². The monoisotopic (exact) mass is 356 g/mol. The van der Waals surface area contributed by atoms with Gasteiger partial charge in [-0.1, -0.05) is 24.3 Å². The second-order valence-corrected chi connectivity index (χ2v) is 5.34. The number of ether oxygens (including phenoxy) is 3. The number of halogens is 3. The predicted octanol–water partition coefficient (Wildman–Crippen LogP) is 3.85. The summed E-state index contributed by atoms with van der Waals surface area (Å²) in [7, 11) is 1.51. The van der Waals surface area contributed by atoms with E-state index < -0.39 is 6.36 Å². The first-order valence-corrected chi connectivity index (χ1v) is 7.60. The average Bonchev–Trinajstić information content (AvgIpc) is 2.58. The number of rotatable bonds is 8. The zero-order valence-electron chi connectivity index (χ0n) is 13.7. The Morgan fingerprint density at radius 2 is 1.60 bits per heavy atom. The van der Waals surface area contributed by atoms with Crippen LogP contribution in [0.25, 0.3) is 0 Å². The standard InChI is InChI=1S/C18H19F3O4/c1-23-12-24-17-10-14(4-7-15(17)11-22)3-2-13-5-8-16(9-6-13)25-18(19,20)21/h4-10,22H,2-3,11-12H2,1H3. The average molecular weight is 356 g/mol. The summed E-state index contributed by atoms with van der Waals surface area (Å²) in [5, 5.41) is 9.31. The van der Waals surface area contributed by atoms with Crippen LogP contribution in [0.3, 0.4) is 0 Å². The molecule has 2 aromatic rings. The quantitative estimate of drug-likeness (QED) is 0.730. The van der Waals surface area contributed by atoms with Gasteiger partial charge in [0.15, 0.2) is 6.79 Å². The summed E-state index contributed by atoms with van der Waals surface area (Å²) < 4.78 is 50.6. The number of alkyl halides is 3. The molecule has 0 spiro atoms. The highest BCUT2D eigenvalue weighted by atomic mass is 19.4. The molecule has 7 heteroatoms. The van der Waals surface area contributed by atoms with Gasteiger partial charge in [-0.15, -0.1) is 13.2 Å². The minimum Gasteiger partial charge on any atom is -0.467 e. The summed E-state index contributed by atoms with van der Waals surface area (Å²) in [5.74, 6) is 0.314. The molecule has 1 N–H and O–H groups in total. The third-order valence-electron chi connectivity index (χ3n) is 3.49. The molecule has 2 aromatic carbocycles. The molecule has 136 valence electrons. The highest BCUT2D eigenvalue weighted by Gasteiger charge is 2.30. The second kappa shape index (κ2) is 8.73. The molecule has 0 aliphatic rings. The molecular formula is C18H19F3O4. The van der Waals surface area contributed by atoms with E-state index >= 15 is 0 Å². The molecule has 0 unspecified atom stereocenters. The number of methoxy groups -OCH3 is 1. The fourth-order valence-corrected chi connectivity index (χ4v) is 2.29. The lowest BCUT2D eigenvalue weighted by Gasteiger charge is -2.12. The summed E-state index contributed by atoms with van der Waals surface area (Å²) >= 11 is 0. The normalized spacial score (nSPS) is 11.4. The van der Waals surface area contributed by atoms with Gasteiger partial charge in [0.05, 0.1) is 6.61 Å². The fraction of sp³-hybridized carbons (Fsp3) is 0.333. The van der Waals surface area contributed by atoms with Crippen LogP contribution in [-0.4, -0.2) is 25.4 Å². The minimum absolute atomic E-state index is 0.0805. The van der Waals surface area contributed by atoms with Gasteiger partial charge in [-0.2, -0.15) is 0 Å². The Labute approximate surface area is 143 Å². The van der Waals surface area contributed by atoms with Crippen LogP contribution < -0.4 is 9.47 Å². The van der Waals surface area contributed by atoms with Crippen molar-refractivity contribution in [3.05, 3.63) is 59.2 Å². The Bertz CT molecular complexity index is 669. The van der Waals surface area contributed by atoms with Crippen molar-refractivity contribution in [3.63, 3.8) is 0 Å². The van der Waals surface area contributed by atoms with Gasteiger partial charge in [0, 0.05) is 12.7 Å². The Hall–Kier alpha value is -2.25. The van der Waals surface area contributed by atoms with Crippen LogP contribution in [0.4, 0.5) is 13.2 Å². The molecule has 25 heavy (non-hydrogen) atoms. The van der Waals surface area contributed by atoms with Crippen LogP contribution in [-0.2, 0) is 24.2 Å². The van der Waals surface area contributed by atoms with Crippen molar-refractivity contribution in [2.45, 2.75) is 25.8 Å². The minimum atomic E-state index is -4.69. The third kappa shape index (κ3) is 6.28. The molecule has 0 saturated heterocycles. The molecule has 0 aromatic heterocycles. The Morgan fingerprint density at radius 1 is 0.960 bits per heavy atom. The molecule has 2 rings (SSSR count). The summed E-state index contributed by atoms with van der Waals surface area (Å²) in [6.07, 6.45) is -3.36. The molecular weight excluding hydrogens is 337 g/mol. The Morgan fingerprint density at radius 3 is 2.20 bits per heavy atom. The Kier molecular flexibility index (Phi) is 6.66. The molecule has 0 heterocycles. The first kappa shape index (κ1) is 19.1. The van der Waals surface area contributed by atoms with Crippen molar-refractivity contribution in [2.75, 3.05) is 13.9 Å². The van der Waals surface area contributed by atoms with Crippen molar-refractivity contribution < 1.29 is 32.5 Å². The number of hydrogen-bond donors (Lipinski definition) is 1. The summed E-state index contributed by atoms with van der Waals surface area (Å²) in [6, 6.07) is 11.3. The van der Waals surface area contributed by atoms with Crippen LogP contribution in [0.15, 0.2) is 42.5 Å². The maximum Gasteiger partial charge on any atom is 0.573 e. The topological polar surface area (TPSA) is 47.9 Å². The van der Waals surface area contributed by atoms with E-state index in [2.05, 4.69) is 4.74 Å². The smallest absolute Gasteiger partial charge is 0.467 e. The summed E-state index contributed by atoms with van der Waals surface area (Å²) in [6.45, 7) is -0.0584. The predicted molar refractivity (Wildman–Crippen MR) is 85.4 cm³/mol. The number of benzene rings is 2. The van der Waals surface area contributed by atoms with Gasteiger partial charge in [-0.3, -0.25) is 0 Å². The van der Waals surface area contributed by atoms with Crippen molar-refractivity contribution >= 4 is 0 Å².